The van der Waals surface area contributed by atoms with Gasteiger partial charge in [0.25, 0.3) is 5.95 Å². The topological polar surface area (TPSA) is 63.8 Å². The van der Waals surface area contributed by atoms with E-state index in [1.54, 1.807) is 15.6 Å². The number of aromatic nitrogens is 5. The van der Waals surface area contributed by atoms with Gasteiger partial charge in [0, 0.05) is 5.56 Å². The lowest BCUT2D eigenvalue weighted by Gasteiger charge is -2.06. The Morgan fingerprint density at radius 2 is 1.78 bits per heavy atom. The third-order valence-corrected chi connectivity index (χ3v) is 4.49. The van der Waals surface area contributed by atoms with Gasteiger partial charge in [0.05, 0.1) is 17.6 Å². The van der Waals surface area contributed by atoms with E-state index in [4.69, 9.17) is 12.2 Å². The molecule has 0 radical (unpaired) electrons. The molecular weight excluding hydrogens is 356 g/mol. The molecule has 6 nitrogen and oxygen atoms in total. The maximum Gasteiger partial charge on any atom is 0.272 e. The van der Waals surface area contributed by atoms with Crippen molar-refractivity contribution in [2.24, 2.45) is 5.10 Å². The van der Waals surface area contributed by atoms with Crippen molar-refractivity contribution in [2.45, 2.75) is 13.8 Å². The van der Waals surface area contributed by atoms with Crippen LogP contribution in [0.5, 0.6) is 0 Å². The van der Waals surface area contributed by atoms with Crippen LogP contribution in [0.15, 0.2) is 65.8 Å². The molecule has 0 saturated carbocycles. The van der Waals surface area contributed by atoms with Gasteiger partial charge in [-0.2, -0.15) is 19.6 Å². The van der Waals surface area contributed by atoms with Gasteiger partial charge in [-0.3, -0.25) is 0 Å². The van der Waals surface area contributed by atoms with Crippen LogP contribution in [-0.4, -0.2) is 30.9 Å². The van der Waals surface area contributed by atoms with Crippen molar-refractivity contribution >= 4 is 18.4 Å². The van der Waals surface area contributed by atoms with E-state index in [1.807, 2.05) is 74.5 Å². The second kappa shape index (κ2) is 7.13. The molecule has 2 aromatic heterocycles. The van der Waals surface area contributed by atoms with E-state index in [2.05, 4.69) is 20.4 Å². The first-order valence-electron chi connectivity index (χ1n) is 8.53. The van der Waals surface area contributed by atoms with Gasteiger partial charge in [-0.25, -0.2) is 5.10 Å². The van der Waals surface area contributed by atoms with E-state index in [1.165, 1.54) is 0 Å². The summed E-state index contributed by atoms with van der Waals surface area (Å²) in [5, 5.41) is 16.3. The highest BCUT2D eigenvalue weighted by Gasteiger charge is 2.15. The predicted molar refractivity (Wildman–Crippen MR) is 109 cm³/mol. The molecule has 0 aliphatic heterocycles. The van der Waals surface area contributed by atoms with E-state index in [9.17, 15) is 0 Å². The molecule has 0 spiro atoms. The van der Waals surface area contributed by atoms with Crippen molar-refractivity contribution < 1.29 is 0 Å². The van der Waals surface area contributed by atoms with E-state index in [-0.39, 0.29) is 0 Å². The van der Waals surface area contributed by atoms with Gasteiger partial charge in [-0.1, -0.05) is 54.6 Å². The minimum atomic E-state index is 0.405. The van der Waals surface area contributed by atoms with Gasteiger partial charge < -0.3 is 0 Å². The summed E-state index contributed by atoms with van der Waals surface area (Å²) in [4.78, 5) is 0. The maximum absolute atomic E-state index is 5.38. The first-order chi connectivity index (χ1) is 13.1. The molecule has 0 unspecified atom stereocenters. The number of aryl methyl sites for hydroxylation is 2. The maximum atomic E-state index is 5.38. The van der Waals surface area contributed by atoms with Gasteiger partial charge in [0.15, 0.2) is 0 Å². The smallest absolute Gasteiger partial charge is 0.248 e. The molecule has 134 valence electrons. The van der Waals surface area contributed by atoms with Crippen LogP contribution in [0.3, 0.4) is 0 Å². The van der Waals surface area contributed by atoms with Gasteiger partial charge in [0.1, 0.15) is 0 Å². The average Bonchev–Trinajstić information content (AvgIpc) is 3.24. The highest BCUT2D eigenvalue weighted by Crippen LogP contribution is 2.23. The molecule has 1 N–H and O–H groups in total. The SMILES string of the molecule is Cc1cc(-c2ccccc2)n(-c2n[nH]c(=S)n2/N=C/c2ccccc2C)n1. The number of hydrogen-bond donors (Lipinski definition) is 1. The van der Waals surface area contributed by atoms with Crippen molar-refractivity contribution in [1.29, 1.82) is 0 Å². The van der Waals surface area contributed by atoms with E-state index < -0.39 is 0 Å². The number of rotatable bonds is 4. The van der Waals surface area contributed by atoms with Crippen LogP contribution in [0.4, 0.5) is 0 Å². The van der Waals surface area contributed by atoms with Crippen molar-refractivity contribution in [3.63, 3.8) is 0 Å². The van der Waals surface area contributed by atoms with E-state index in [0.717, 1.165) is 28.1 Å². The Labute approximate surface area is 161 Å². The summed E-state index contributed by atoms with van der Waals surface area (Å²) in [6.07, 6.45) is 1.78. The second-order valence-corrected chi connectivity index (χ2v) is 6.58. The fraction of sp³-hybridized carbons (Fsp3) is 0.100. The number of benzene rings is 2. The van der Waals surface area contributed by atoms with Gasteiger partial charge in [-0.05, 0) is 43.3 Å². The molecule has 0 aliphatic rings. The fourth-order valence-electron chi connectivity index (χ4n) is 2.84. The Kier molecular flexibility index (Phi) is 4.52. The minimum absolute atomic E-state index is 0.405. The van der Waals surface area contributed by atoms with Gasteiger partial charge in [0.2, 0.25) is 4.77 Å². The van der Waals surface area contributed by atoms with Crippen molar-refractivity contribution in [3.05, 3.63) is 82.3 Å². The Morgan fingerprint density at radius 1 is 1.04 bits per heavy atom. The van der Waals surface area contributed by atoms with Crippen molar-refractivity contribution in [2.75, 3.05) is 0 Å². The van der Waals surface area contributed by atoms with E-state index >= 15 is 0 Å². The molecular formula is C20H18N6S. The molecule has 0 bridgehead atoms. The molecule has 2 aromatic carbocycles. The van der Waals surface area contributed by atoms with Gasteiger partial charge in [-0.15, -0.1) is 5.10 Å². The lowest BCUT2D eigenvalue weighted by Crippen LogP contribution is -2.07. The van der Waals surface area contributed by atoms with E-state index in [0.29, 0.717) is 10.7 Å². The predicted octanol–water partition coefficient (Wildman–Crippen LogP) is 4.29. The zero-order valence-electron chi connectivity index (χ0n) is 15.0. The van der Waals surface area contributed by atoms with Crippen LogP contribution in [0, 0.1) is 18.6 Å². The van der Waals surface area contributed by atoms with Crippen molar-refractivity contribution in [3.8, 4) is 17.2 Å². The lowest BCUT2D eigenvalue weighted by molar-refractivity contribution is 0.733. The van der Waals surface area contributed by atoms with Gasteiger partial charge >= 0.3 is 0 Å². The summed E-state index contributed by atoms with van der Waals surface area (Å²) in [5.41, 5.74) is 5.01. The summed E-state index contributed by atoms with van der Waals surface area (Å²) in [7, 11) is 0. The van der Waals surface area contributed by atoms with Crippen LogP contribution in [0.1, 0.15) is 16.8 Å². The number of nitrogens with zero attached hydrogens (tertiary/aromatic N) is 5. The highest BCUT2D eigenvalue weighted by atomic mass is 32.1. The summed E-state index contributed by atoms with van der Waals surface area (Å²) in [5.74, 6) is 0.511. The first-order valence-corrected chi connectivity index (χ1v) is 8.94. The molecule has 0 aliphatic carbocycles. The van der Waals surface area contributed by atoms with Crippen molar-refractivity contribution in [1.82, 2.24) is 24.7 Å². The number of hydrogen-bond acceptors (Lipinski definition) is 4. The number of H-pyrrole nitrogens is 1. The lowest BCUT2D eigenvalue weighted by atomic mass is 10.1. The van der Waals surface area contributed by atoms with Crippen LogP contribution in [0.2, 0.25) is 0 Å². The molecule has 7 heteroatoms. The Morgan fingerprint density at radius 3 is 2.56 bits per heavy atom. The third kappa shape index (κ3) is 3.37. The number of aromatic amines is 1. The zero-order chi connectivity index (χ0) is 18.8. The monoisotopic (exact) mass is 374 g/mol. The van der Waals surface area contributed by atoms with Crippen LogP contribution >= 0.6 is 12.2 Å². The highest BCUT2D eigenvalue weighted by molar-refractivity contribution is 7.71. The summed E-state index contributed by atoms with van der Waals surface area (Å²) < 4.78 is 3.74. The molecule has 0 amide bonds. The first kappa shape index (κ1) is 17.1. The third-order valence-electron chi connectivity index (χ3n) is 4.22. The molecule has 4 rings (SSSR count). The molecule has 4 aromatic rings. The Bertz CT molecular complexity index is 1170. The second-order valence-electron chi connectivity index (χ2n) is 6.19. The fourth-order valence-corrected chi connectivity index (χ4v) is 3.02. The zero-order valence-corrected chi connectivity index (χ0v) is 15.8. The number of nitrogens with one attached hydrogen (secondary N) is 1. The van der Waals surface area contributed by atoms with Crippen LogP contribution in [-0.2, 0) is 0 Å². The molecule has 0 fully saturated rings. The summed E-state index contributed by atoms with van der Waals surface area (Å²) in [6, 6.07) is 20.1. The van der Waals surface area contributed by atoms with Crippen LogP contribution in [0.25, 0.3) is 17.2 Å². The molecule has 0 atom stereocenters. The average molecular weight is 374 g/mol. The normalized spacial score (nSPS) is 11.3. The quantitative estimate of drug-likeness (QED) is 0.428. The molecule has 0 saturated heterocycles. The standard InChI is InChI=1S/C20H18N6S/c1-14-8-6-7-11-17(14)13-21-26-19(22-23-20(26)27)25-18(12-15(2)24-25)16-9-4-3-5-10-16/h3-13H,1-2H3,(H,23,27)/b21-13+. The Hall–Kier alpha value is -3.32. The minimum Gasteiger partial charge on any atom is -0.248 e. The summed E-state index contributed by atoms with van der Waals surface area (Å²) >= 11 is 5.38. The molecule has 27 heavy (non-hydrogen) atoms. The summed E-state index contributed by atoms with van der Waals surface area (Å²) in [6.45, 7) is 3.99. The largest absolute Gasteiger partial charge is 0.272 e. The van der Waals surface area contributed by atoms with Crippen LogP contribution < -0.4 is 0 Å². The molecule has 2 heterocycles. The Balaban J connectivity index is 1.82.